The quantitative estimate of drug-likeness (QED) is 0.0338. The van der Waals surface area contributed by atoms with Crippen molar-refractivity contribution in [1.82, 2.24) is 25.9 Å². The molecule has 1 aliphatic rings. The van der Waals surface area contributed by atoms with Crippen LogP contribution in [0.5, 0.6) is 0 Å². The maximum absolute atomic E-state index is 14.9. The second kappa shape index (κ2) is 25.3. The van der Waals surface area contributed by atoms with E-state index in [2.05, 4.69) is 44.5 Å². The number of aldehydes is 1. The number of rotatable bonds is 20. The molecule has 1 fully saturated rings. The van der Waals surface area contributed by atoms with Gasteiger partial charge in [-0.15, -0.1) is 23.3 Å². The number of hydrogen-bond donors (Lipinski definition) is 5. The number of piperazine rings is 1. The smallest absolute Gasteiger partial charge is 0.407 e. The Labute approximate surface area is 321 Å². The van der Waals surface area contributed by atoms with E-state index in [-0.39, 0.29) is 37.5 Å². The van der Waals surface area contributed by atoms with Gasteiger partial charge in [-0.2, -0.15) is 5.10 Å². The van der Waals surface area contributed by atoms with Crippen LogP contribution in [0, 0.1) is 5.82 Å². The number of carbonyl (C=O) groups is 4. The van der Waals surface area contributed by atoms with E-state index in [0.29, 0.717) is 88.2 Å². The topological polar surface area (TPSA) is 160 Å². The van der Waals surface area contributed by atoms with Gasteiger partial charge in [-0.1, -0.05) is 30.3 Å². The third-order valence-corrected chi connectivity index (χ3v) is 7.56. The van der Waals surface area contributed by atoms with E-state index in [1.807, 2.05) is 0 Å². The van der Waals surface area contributed by atoms with Crippen LogP contribution in [-0.2, 0) is 30.2 Å². The molecular formula is C36H53FN6O8S2. The Morgan fingerprint density at radius 2 is 1.47 bits per heavy atom. The van der Waals surface area contributed by atoms with Crippen molar-refractivity contribution in [2.75, 3.05) is 92.5 Å². The fourth-order valence-electron chi connectivity index (χ4n) is 5.09. The van der Waals surface area contributed by atoms with E-state index >= 15 is 0 Å². The van der Waals surface area contributed by atoms with Crippen molar-refractivity contribution >= 4 is 53.2 Å². The SMILES string of the molecule is CN/N=C(/Cc1ccc(F)c(C(=O)N2CCN(C(=O)CNCCOCCOCCOCCNC(=O)OC(C)(C)C)CC2)c1)c1ccccc1C=O.SS. The molecule has 2 aromatic carbocycles. The minimum absolute atomic E-state index is 0.0511. The van der Waals surface area contributed by atoms with E-state index in [1.54, 1.807) is 68.0 Å². The third kappa shape index (κ3) is 17.3. The molecule has 3 rings (SSSR count). The Kier molecular flexibility index (Phi) is 21.7. The lowest BCUT2D eigenvalue weighted by molar-refractivity contribution is -0.131. The maximum Gasteiger partial charge on any atom is 0.407 e. The summed E-state index contributed by atoms with van der Waals surface area (Å²) in [7, 11) is 1.65. The first-order valence-corrected chi connectivity index (χ1v) is 18.9. The standard InChI is InChI=1S/C36H51FN6O8.H2S2/c1-36(2,3)51-35(47)40-12-18-49-20-22-50-21-19-48-17-11-39-25-33(45)42-13-15-43(16-14-42)34(46)30-23-27(9-10-31(30)37)24-32(41-38-4)29-8-6-5-7-28(29)26-44;1-2/h5-10,23,26,38-39H,11-22,24-25H2,1-4H3,(H,40,47);1-2H/b41-32-;. The average molecular weight is 781 g/mol. The molecule has 3 amide bonds. The van der Waals surface area contributed by atoms with Crippen LogP contribution in [0.25, 0.3) is 0 Å². The highest BCUT2D eigenvalue weighted by molar-refractivity contribution is 8.59. The molecule has 294 valence electrons. The van der Waals surface area contributed by atoms with Crippen molar-refractivity contribution in [2.45, 2.75) is 32.8 Å². The lowest BCUT2D eigenvalue weighted by atomic mass is 9.97. The zero-order valence-electron chi connectivity index (χ0n) is 30.9. The summed E-state index contributed by atoms with van der Waals surface area (Å²) in [6.45, 7) is 9.94. The molecule has 2 aromatic rings. The summed E-state index contributed by atoms with van der Waals surface area (Å²) in [4.78, 5) is 52.4. The zero-order valence-corrected chi connectivity index (χ0v) is 32.7. The number of nitrogens with one attached hydrogen (secondary N) is 3. The van der Waals surface area contributed by atoms with Gasteiger partial charge in [0.05, 0.1) is 57.5 Å². The Hall–Kier alpha value is -3.74. The van der Waals surface area contributed by atoms with Crippen LogP contribution in [-0.4, -0.2) is 138 Å². The molecule has 53 heavy (non-hydrogen) atoms. The van der Waals surface area contributed by atoms with Gasteiger partial charge in [-0.05, 0) is 38.5 Å². The van der Waals surface area contributed by atoms with Crippen LogP contribution in [0.15, 0.2) is 47.6 Å². The Morgan fingerprint density at radius 1 is 0.868 bits per heavy atom. The molecule has 1 aliphatic heterocycles. The minimum atomic E-state index is -0.629. The van der Waals surface area contributed by atoms with Crippen molar-refractivity contribution in [1.29, 1.82) is 0 Å². The molecule has 0 atom stereocenters. The van der Waals surface area contributed by atoms with E-state index in [1.165, 1.54) is 12.1 Å². The number of carbonyl (C=O) groups excluding carboxylic acids is 4. The predicted molar refractivity (Wildman–Crippen MR) is 208 cm³/mol. The Balaban J connectivity index is 0.00000477. The normalized spacial score (nSPS) is 13.2. The highest BCUT2D eigenvalue weighted by Gasteiger charge is 2.26. The highest BCUT2D eigenvalue weighted by atomic mass is 33.1. The monoisotopic (exact) mass is 780 g/mol. The molecule has 17 heteroatoms. The van der Waals surface area contributed by atoms with Crippen LogP contribution in [0.3, 0.4) is 0 Å². The largest absolute Gasteiger partial charge is 0.444 e. The van der Waals surface area contributed by atoms with Gasteiger partial charge < -0.3 is 44.8 Å². The number of hydrazone groups is 1. The lowest BCUT2D eigenvalue weighted by Crippen LogP contribution is -2.52. The Bertz CT molecular complexity index is 1470. The number of ether oxygens (including phenoxy) is 4. The molecule has 0 saturated carbocycles. The van der Waals surface area contributed by atoms with E-state index in [4.69, 9.17) is 18.9 Å². The van der Waals surface area contributed by atoms with Crippen molar-refractivity contribution in [2.24, 2.45) is 5.10 Å². The summed E-state index contributed by atoms with van der Waals surface area (Å²) in [5.74, 6) is -1.16. The van der Waals surface area contributed by atoms with E-state index in [0.717, 1.165) is 6.29 Å². The molecule has 1 heterocycles. The molecule has 0 unspecified atom stereocenters. The summed E-state index contributed by atoms with van der Waals surface area (Å²) in [6.07, 6.45) is 0.550. The molecule has 3 N–H and O–H groups in total. The molecule has 0 radical (unpaired) electrons. The van der Waals surface area contributed by atoms with Gasteiger partial charge in [0.1, 0.15) is 11.4 Å². The Morgan fingerprint density at radius 3 is 2.09 bits per heavy atom. The lowest BCUT2D eigenvalue weighted by Gasteiger charge is -2.35. The maximum atomic E-state index is 14.9. The molecule has 14 nitrogen and oxygen atoms in total. The van der Waals surface area contributed by atoms with Gasteiger partial charge in [0.2, 0.25) is 5.91 Å². The summed E-state index contributed by atoms with van der Waals surface area (Å²) in [5, 5.41) is 10.0. The van der Waals surface area contributed by atoms with Gasteiger partial charge in [0.15, 0.2) is 6.29 Å². The van der Waals surface area contributed by atoms with Crippen LogP contribution in [0.1, 0.15) is 52.6 Å². The van der Waals surface area contributed by atoms with Gasteiger partial charge in [0.25, 0.3) is 5.91 Å². The third-order valence-electron chi connectivity index (χ3n) is 7.56. The summed E-state index contributed by atoms with van der Waals surface area (Å²) < 4.78 is 36.4. The van der Waals surface area contributed by atoms with Gasteiger partial charge in [0, 0.05) is 63.9 Å². The highest BCUT2D eigenvalue weighted by Crippen LogP contribution is 2.18. The molecule has 1 saturated heterocycles. The van der Waals surface area contributed by atoms with Crippen molar-refractivity contribution < 1.29 is 42.5 Å². The first kappa shape index (κ1) is 45.4. The average Bonchev–Trinajstić information content (AvgIpc) is 3.15. The van der Waals surface area contributed by atoms with E-state index in [9.17, 15) is 23.6 Å². The van der Waals surface area contributed by atoms with Gasteiger partial charge >= 0.3 is 6.09 Å². The molecule has 0 spiro atoms. The fourth-order valence-corrected chi connectivity index (χ4v) is 5.09. The second-order valence-corrected chi connectivity index (χ2v) is 12.6. The van der Waals surface area contributed by atoms with Crippen molar-refractivity contribution in [3.05, 3.63) is 70.5 Å². The minimum Gasteiger partial charge on any atom is -0.444 e. The van der Waals surface area contributed by atoms with Crippen LogP contribution in [0.4, 0.5) is 9.18 Å². The number of nitrogens with zero attached hydrogens (tertiary/aromatic N) is 3. The van der Waals surface area contributed by atoms with Crippen LogP contribution < -0.4 is 16.1 Å². The molecular weight excluding hydrogens is 728 g/mol. The predicted octanol–water partition coefficient (Wildman–Crippen LogP) is 3.01. The zero-order chi connectivity index (χ0) is 39.1. The number of amides is 3. The first-order valence-electron chi connectivity index (χ1n) is 17.3. The number of halogens is 1. The van der Waals surface area contributed by atoms with Gasteiger partial charge in [-0.25, -0.2) is 9.18 Å². The first-order chi connectivity index (χ1) is 25.5. The van der Waals surface area contributed by atoms with Crippen LogP contribution >= 0.6 is 23.3 Å². The summed E-state index contributed by atoms with van der Waals surface area (Å²) >= 11 is 6.44. The number of alkyl carbamates (subject to hydrolysis) is 1. The second-order valence-electron chi connectivity index (χ2n) is 12.6. The van der Waals surface area contributed by atoms with Crippen LogP contribution in [0.2, 0.25) is 0 Å². The molecule has 0 aromatic heterocycles. The van der Waals surface area contributed by atoms with E-state index < -0.39 is 23.4 Å². The van der Waals surface area contributed by atoms with Gasteiger partial charge in [-0.3, -0.25) is 14.4 Å². The fraction of sp³-hybridized carbons (Fsp3) is 0.528. The molecule has 0 aliphatic carbocycles. The molecule has 0 bridgehead atoms. The summed E-state index contributed by atoms with van der Waals surface area (Å²) in [5.41, 5.74) is 4.53. The van der Waals surface area contributed by atoms with Crippen molar-refractivity contribution in [3.8, 4) is 0 Å². The van der Waals surface area contributed by atoms with Crippen molar-refractivity contribution in [3.63, 3.8) is 0 Å². The number of thiol groups is 2. The summed E-state index contributed by atoms with van der Waals surface area (Å²) in [6, 6.07) is 11.4. The number of hydrogen-bond acceptors (Lipinski definition) is 13. The number of benzene rings is 2.